The van der Waals surface area contributed by atoms with Crippen LogP contribution in [0.1, 0.15) is 16.1 Å². The number of nitrogens with zero attached hydrogens (tertiary/aromatic N) is 1. The van der Waals surface area contributed by atoms with E-state index in [1.807, 2.05) is 48.5 Å². The first kappa shape index (κ1) is 12.7. The fourth-order valence-electron chi connectivity index (χ4n) is 2.02. The van der Waals surface area contributed by atoms with Crippen LogP contribution in [0.15, 0.2) is 48.5 Å². The van der Waals surface area contributed by atoms with Crippen molar-refractivity contribution in [2.45, 2.75) is 5.75 Å². The van der Waals surface area contributed by atoms with E-state index >= 15 is 0 Å². The lowest BCUT2D eigenvalue weighted by Crippen LogP contribution is -2.12. The van der Waals surface area contributed by atoms with Crippen LogP contribution in [0.25, 0.3) is 10.9 Å². The molecule has 0 fully saturated rings. The minimum atomic E-state index is -0.221. The van der Waals surface area contributed by atoms with Gasteiger partial charge in [0, 0.05) is 16.8 Å². The van der Waals surface area contributed by atoms with Crippen molar-refractivity contribution in [2.75, 3.05) is 5.32 Å². The average Bonchev–Trinajstić information content (AvgIpc) is 2.92. The monoisotopic (exact) mass is 283 g/mol. The number of amides is 1. The SMILES string of the molecule is O=C(Nc1ccc(CS)cc1)c1n[nH]c2ccccc12. The van der Waals surface area contributed by atoms with Gasteiger partial charge < -0.3 is 5.32 Å². The van der Waals surface area contributed by atoms with E-state index in [2.05, 4.69) is 28.1 Å². The molecule has 1 aromatic heterocycles. The largest absolute Gasteiger partial charge is 0.321 e. The Morgan fingerprint density at radius 1 is 1.15 bits per heavy atom. The normalized spacial score (nSPS) is 10.7. The summed E-state index contributed by atoms with van der Waals surface area (Å²) in [6, 6.07) is 15.1. The van der Waals surface area contributed by atoms with Crippen LogP contribution >= 0.6 is 12.6 Å². The highest BCUT2D eigenvalue weighted by Gasteiger charge is 2.13. The second-order valence-corrected chi connectivity index (χ2v) is 4.74. The number of benzene rings is 2. The second-order valence-electron chi connectivity index (χ2n) is 4.43. The van der Waals surface area contributed by atoms with Crippen LogP contribution in [0, 0.1) is 0 Å². The molecule has 1 amide bonds. The lowest BCUT2D eigenvalue weighted by atomic mass is 10.2. The number of aromatic amines is 1. The first-order valence-electron chi connectivity index (χ1n) is 6.22. The quantitative estimate of drug-likeness (QED) is 0.646. The number of carbonyl (C=O) groups is 1. The third kappa shape index (κ3) is 2.40. The maximum absolute atomic E-state index is 12.2. The summed E-state index contributed by atoms with van der Waals surface area (Å²) in [6.45, 7) is 0. The second kappa shape index (κ2) is 5.38. The molecule has 2 N–H and O–H groups in total. The number of aromatic nitrogens is 2. The van der Waals surface area contributed by atoms with E-state index in [4.69, 9.17) is 0 Å². The molecule has 0 saturated heterocycles. The van der Waals surface area contributed by atoms with Crippen molar-refractivity contribution in [3.63, 3.8) is 0 Å². The number of fused-ring (bicyclic) bond motifs is 1. The zero-order valence-corrected chi connectivity index (χ0v) is 11.5. The molecule has 0 atom stereocenters. The van der Waals surface area contributed by atoms with Gasteiger partial charge in [0.25, 0.3) is 5.91 Å². The van der Waals surface area contributed by atoms with Gasteiger partial charge >= 0.3 is 0 Å². The van der Waals surface area contributed by atoms with Gasteiger partial charge in [-0.3, -0.25) is 9.89 Å². The van der Waals surface area contributed by atoms with Gasteiger partial charge in [-0.25, -0.2) is 0 Å². The minimum absolute atomic E-state index is 0.221. The summed E-state index contributed by atoms with van der Waals surface area (Å²) >= 11 is 4.20. The van der Waals surface area contributed by atoms with Crippen molar-refractivity contribution in [1.29, 1.82) is 0 Å². The molecule has 3 aromatic rings. The molecule has 100 valence electrons. The van der Waals surface area contributed by atoms with Crippen LogP contribution < -0.4 is 5.32 Å². The van der Waals surface area contributed by atoms with Crippen LogP contribution in [0.4, 0.5) is 5.69 Å². The lowest BCUT2D eigenvalue weighted by molar-refractivity contribution is 0.102. The standard InChI is InChI=1S/C15H13N3OS/c19-15(16-11-7-5-10(9-20)6-8-11)14-12-3-1-2-4-13(12)17-18-14/h1-8,20H,9H2,(H,16,19)(H,17,18). The molecule has 4 nitrogen and oxygen atoms in total. The third-order valence-electron chi connectivity index (χ3n) is 3.08. The van der Waals surface area contributed by atoms with Crippen LogP contribution in [0.3, 0.4) is 0 Å². The smallest absolute Gasteiger partial charge is 0.276 e. The van der Waals surface area contributed by atoms with Gasteiger partial charge in [-0.2, -0.15) is 17.7 Å². The molecule has 0 saturated carbocycles. The van der Waals surface area contributed by atoms with Gasteiger partial charge in [0.1, 0.15) is 0 Å². The number of hydrogen-bond acceptors (Lipinski definition) is 3. The van der Waals surface area contributed by atoms with Gasteiger partial charge in [-0.15, -0.1) is 0 Å². The maximum Gasteiger partial charge on any atom is 0.276 e. The number of para-hydroxylation sites is 1. The molecule has 2 aromatic carbocycles. The Bertz CT molecular complexity index is 749. The number of hydrogen-bond donors (Lipinski definition) is 3. The first-order chi connectivity index (χ1) is 9.78. The molecule has 0 aliphatic rings. The molecule has 0 unspecified atom stereocenters. The topological polar surface area (TPSA) is 57.8 Å². The summed E-state index contributed by atoms with van der Waals surface area (Å²) in [4.78, 5) is 12.2. The summed E-state index contributed by atoms with van der Waals surface area (Å²) in [5.74, 6) is 0.458. The fourth-order valence-corrected chi connectivity index (χ4v) is 2.23. The zero-order valence-electron chi connectivity index (χ0n) is 10.6. The molecule has 5 heteroatoms. The molecule has 0 bridgehead atoms. The highest BCUT2D eigenvalue weighted by molar-refractivity contribution is 7.79. The first-order valence-corrected chi connectivity index (χ1v) is 6.85. The number of nitrogens with one attached hydrogen (secondary N) is 2. The molecule has 0 spiro atoms. The Kier molecular flexibility index (Phi) is 3.43. The lowest BCUT2D eigenvalue weighted by Gasteiger charge is -2.04. The molecule has 0 aliphatic carbocycles. The summed E-state index contributed by atoms with van der Waals surface area (Å²) in [7, 11) is 0. The van der Waals surface area contributed by atoms with Gasteiger partial charge in [-0.05, 0) is 23.8 Å². The Morgan fingerprint density at radius 3 is 2.65 bits per heavy atom. The average molecular weight is 283 g/mol. The van der Waals surface area contributed by atoms with E-state index in [9.17, 15) is 4.79 Å². The van der Waals surface area contributed by atoms with E-state index in [0.717, 1.165) is 22.2 Å². The molecular weight excluding hydrogens is 270 g/mol. The number of carbonyl (C=O) groups excluding carboxylic acids is 1. The fraction of sp³-hybridized carbons (Fsp3) is 0.0667. The molecule has 3 rings (SSSR count). The zero-order chi connectivity index (χ0) is 13.9. The summed E-state index contributed by atoms with van der Waals surface area (Å²) in [5, 5.41) is 10.6. The van der Waals surface area contributed by atoms with Crippen LogP contribution in [0.2, 0.25) is 0 Å². The van der Waals surface area contributed by atoms with Crippen molar-refractivity contribution in [1.82, 2.24) is 10.2 Å². The number of thiol groups is 1. The van der Waals surface area contributed by atoms with E-state index < -0.39 is 0 Å². The van der Waals surface area contributed by atoms with Crippen molar-refractivity contribution in [3.8, 4) is 0 Å². The van der Waals surface area contributed by atoms with Crippen molar-refractivity contribution in [3.05, 3.63) is 59.8 Å². The van der Waals surface area contributed by atoms with E-state index in [0.29, 0.717) is 11.4 Å². The Hall–Kier alpha value is -2.27. The van der Waals surface area contributed by atoms with E-state index in [1.165, 1.54) is 0 Å². The molecule has 1 heterocycles. The van der Waals surface area contributed by atoms with Gasteiger partial charge in [0.2, 0.25) is 0 Å². The highest BCUT2D eigenvalue weighted by Crippen LogP contribution is 2.17. The van der Waals surface area contributed by atoms with Crippen LogP contribution in [-0.4, -0.2) is 16.1 Å². The highest BCUT2D eigenvalue weighted by atomic mass is 32.1. The van der Waals surface area contributed by atoms with Crippen LogP contribution in [0.5, 0.6) is 0 Å². The Balaban J connectivity index is 1.85. The van der Waals surface area contributed by atoms with Crippen molar-refractivity contribution in [2.24, 2.45) is 0 Å². The van der Waals surface area contributed by atoms with Crippen molar-refractivity contribution >= 4 is 35.1 Å². The number of H-pyrrole nitrogens is 1. The molecule has 0 radical (unpaired) electrons. The summed E-state index contributed by atoms with van der Waals surface area (Å²) in [5.41, 5.74) is 3.10. The Morgan fingerprint density at radius 2 is 1.90 bits per heavy atom. The molecular formula is C15H13N3OS. The predicted molar refractivity (Wildman–Crippen MR) is 83.2 cm³/mol. The molecule has 20 heavy (non-hydrogen) atoms. The maximum atomic E-state index is 12.2. The number of anilines is 1. The summed E-state index contributed by atoms with van der Waals surface area (Å²) < 4.78 is 0. The Labute approximate surface area is 121 Å². The van der Waals surface area contributed by atoms with Gasteiger partial charge in [-0.1, -0.05) is 30.3 Å². The third-order valence-corrected chi connectivity index (χ3v) is 3.44. The van der Waals surface area contributed by atoms with Gasteiger partial charge in [0.05, 0.1) is 5.52 Å². The van der Waals surface area contributed by atoms with Crippen molar-refractivity contribution < 1.29 is 4.79 Å². The molecule has 0 aliphatic heterocycles. The summed E-state index contributed by atoms with van der Waals surface area (Å²) in [6.07, 6.45) is 0. The van der Waals surface area contributed by atoms with E-state index in [1.54, 1.807) is 0 Å². The number of rotatable bonds is 3. The predicted octanol–water partition coefficient (Wildman–Crippen LogP) is 3.25. The minimum Gasteiger partial charge on any atom is -0.321 e. The van der Waals surface area contributed by atoms with E-state index in [-0.39, 0.29) is 5.91 Å². The van der Waals surface area contributed by atoms with Crippen LogP contribution in [-0.2, 0) is 5.75 Å². The van der Waals surface area contributed by atoms with Gasteiger partial charge in [0.15, 0.2) is 5.69 Å².